The molecule has 0 radical (unpaired) electrons. The second-order valence-electron chi connectivity index (χ2n) is 17.8. The fourth-order valence-electron chi connectivity index (χ4n) is 5.88. The molecule has 0 spiro atoms. The molecule has 3 atom stereocenters. The Morgan fingerprint density at radius 1 is 0.638 bits per heavy atom. The Morgan fingerprint density at radius 3 is 1.65 bits per heavy atom. The van der Waals surface area contributed by atoms with Crippen LogP contribution in [0.5, 0.6) is 17.2 Å². The van der Waals surface area contributed by atoms with Crippen LogP contribution in [-0.2, 0) is 9.05 Å². The number of hydrogen-bond acceptors (Lipinski definition) is 6. The normalized spacial score (nSPS) is 13.0. The summed E-state index contributed by atoms with van der Waals surface area (Å²) in [5.41, 5.74) is 9.87. The Kier molecular flexibility index (Phi) is 30.4. The molecular formula is C61H84O6P2. The molecule has 0 saturated heterocycles. The first-order chi connectivity index (χ1) is 32.8. The Bertz CT molecular complexity index is 2340. The predicted molar refractivity (Wildman–Crippen MR) is 300 cm³/mol. The Morgan fingerprint density at radius 2 is 1.13 bits per heavy atom. The Labute approximate surface area is 422 Å². The number of carbonyl (C=O) groups excluding carboxylic acids is 1. The maximum Gasteiger partial charge on any atom is 0.529 e. The predicted octanol–water partition coefficient (Wildman–Crippen LogP) is 19.4. The van der Waals surface area contributed by atoms with E-state index in [1.807, 2.05) is 103 Å². The smallest absolute Gasteiger partial charge is 0.447 e. The van der Waals surface area contributed by atoms with Gasteiger partial charge in [0.15, 0.2) is 5.78 Å². The van der Waals surface area contributed by atoms with Crippen LogP contribution in [0.3, 0.4) is 0 Å². The van der Waals surface area contributed by atoms with Gasteiger partial charge in [0.25, 0.3) is 8.38 Å². The number of para-hydroxylation sites is 1. The molecule has 4 aromatic rings. The van der Waals surface area contributed by atoms with Crippen LogP contribution in [0.1, 0.15) is 165 Å². The van der Waals surface area contributed by atoms with Gasteiger partial charge < -0.3 is 22.6 Å². The highest BCUT2D eigenvalue weighted by molar-refractivity contribution is 7.46. The summed E-state index contributed by atoms with van der Waals surface area (Å²) in [5, 5.41) is 0. The van der Waals surface area contributed by atoms with Gasteiger partial charge in [0.2, 0.25) is 0 Å². The largest absolute Gasteiger partial charge is 0.529 e. The van der Waals surface area contributed by atoms with Crippen molar-refractivity contribution in [2.45, 2.75) is 142 Å². The molecule has 69 heavy (non-hydrogen) atoms. The van der Waals surface area contributed by atoms with Crippen LogP contribution in [-0.4, -0.2) is 12.4 Å². The fraction of sp³-hybridized carbons (Fsp3) is 0.393. The van der Waals surface area contributed by atoms with Gasteiger partial charge in [-0.2, -0.15) is 0 Å². The van der Waals surface area contributed by atoms with Crippen molar-refractivity contribution in [1.29, 1.82) is 0 Å². The van der Waals surface area contributed by atoms with Gasteiger partial charge in [-0.1, -0.05) is 167 Å². The van der Waals surface area contributed by atoms with E-state index in [0.717, 1.165) is 45.9 Å². The number of benzene rings is 4. The molecule has 4 aromatic carbocycles. The summed E-state index contributed by atoms with van der Waals surface area (Å²) in [4.78, 5) is 13.5. The van der Waals surface area contributed by atoms with Crippen molar-refractivity contribution in [3.05, 3.63) is 183 Å². The zero-order chi connectivity index (χ0) is 52.1. The van der Waals surface area contributed by atoms with E-state index in [4.69, 9.17) is 29.0 Å². The molecule has 0 aliphatic heterocycles. The lowest BCUT2D eigenvalue weighted by Gasteiger charge is -2.20. The van der Waals surface area contributed by atoms with Crippen LogP contribution in [0.4, 0.5) is 0 Å². The van der Waals surface area contributed by atoms with Crippen molar-refractivity contribution >= 4 is 22.8 Å². The molecule has 3 unspecified atom stereocenters. The van der Waals surface area contributed by atoms with Crippen molar-refractivity contribution in [3.8, 4) is 29.6 Å². The monoisotopic (exact) mass is 975 g/mol. The van der Waals surface area contributed by atoms with E-state index >= 15 is 0 Å². The maximum absolute atomic E-state index is 13.5. The number of rotatable bonds is 20. The summed E-state index contributed by atoms with van der Waals surface area (Å²) < 4.78 is 30.4. The highest BCUT2D eigenvalue weighted by Crippen LogP contribution is 2.46. The topological polar surface area (TPSA) is 63.2 Å². The number of carbonyl (C=O) groups is 1. The molecule has 0 saturated carbocycles. The van der Waals surface area contributed by atoms with E-state index < -0.39 is 17.0 Å². The van der Waals surface area contributed by atoms with E-state index in [0.29, 0.717) is 34.5 Å². The average Bonchev–Trinajstić information content (AvgIpc) is 3.31. The molecule has 0 aliphatic rings. The minimum atomic E-state index is -1.93. The lowest BCUT2D eigenvalue weighted by molar-refractivity contribution is 0.103. The molecule has 0 aliphatic carbocycles. The molecule has 6 nitrogen and oxygen atoms in total. The van der Waals surface area contributed by atoms with Gasteiger partial charge in [0.05, 0.1) is 18.1 Å². The molecule has 4 rings (SSSR count). The van der Waals surface area contributed by atoms with Crippen molar-refractivity contribution < 1.29 is 27.4 Å². The average molecular weight is 975 g/mol. The lowest BCUT2D eigenvalue weighted by Crippen LogP contribution is -2.07. The van der Waals surface area contributed by atoms with Gasteiger partial charge in [-0.3, -0.25) is 4.79 Å². The van der Waals surface area contributed by atoms with Crippen molar-refractivity contribution in [1.82, 2.24) is 0 Å². The summed E-state index contributed by atoms with van der Waals surface area (Å²) in [6.07, 6.45) is 20.5. The van der Waals surface area contributed by atoms with E-state index in [1.165, 1.54) is 23.1 Å². The van der Waals surface area contributed by atoms with E-state index in [-0.39, 0.29) is 11.7 Å². The van der Waals surface area contributed by atoms with Gasteiger partial charge in [-0.25, -0.2) is 0 Å². The fourth-order valence-corrected chi connectivity index (χ4v) is 7.51. The molecule has 374 valence electrons. The lowest BCUT2D eigenvalue weighted by atomic mass is 9.99. The van der Waals surface area contributed by atoms with E-state index in [9.17, 15) is 4.79 Å². The van der Waals surface area contributed by atoms with Crippen LogP contribution in [0, 0.1) is 45.0 Å². The van der Waals surface area contributed by atoms with Gasteiger partial charge in [0.1, 0.15) is 17.2 Å². The summed E-state index contributed by atoms with van der Waals surface area (Å²) in [5.74, 6) is 6.49. The number of terminal acetylenes is 1. The van der Waals surface area contributed by atoms with Crippen LogP contribution in [0.2, 0.25) is 0 Å². The molecule has 0 bridgehead atoms. The number of aryl methyl sites for hydroxylation is 3. The molecule has 0 aromatic heterocycles. The van der Waals surface area contributed by atoms with E-state index in [1.54, 1.807) is 30.7 Å². The van der Waals surface area contributed by atoms with Crippen LogP contribution in [0.25, 0.3) is 0 Å². The van der Waals surface area contributed by atoms with Crippen molar-refractivity contribution in [2.24, 2.45) is 11.8 Å². The maximum atomic E-state index is 13.5. The Hall–Kier alpha value is -5.33. The summed E-state index contributed by atoms with van der Waals surface area (Å²) in [7, 11) is -2.95. The highest BCUT2D eigenvalue weighted by atomic mass is 31.2. The second-order valence-corrected chi connectivity index (χ2v) is 20.1. The first-order valence-corrected chi connectivity index (χ1v) is 27.2. The molecular weight excluding hydrogens is 891 g/mol. The highest BCUT2D eigenvalue weighted by Gasteiger charge is 2.24. The standard InChI is InChI=1S/C36H43O4P.C18H23O2P.C5H12.C2H6/c1-9-28(6)29(7)20-18-26(4)22-23-38-41(40-35-24-27(5)19-21-31(35)25(2)3)39-34-17-13-12-16-33(34)36(37)32-15-11-10-14-30(32)8;1-7-8-15(4)11-12-19-21(6)20-18-13-16(5)9-10-17(18)14(2)3;1-4-5(2)3;1-2/h10-25,28H,9H2,1-8H3;1,8-14H,2-6H3;5H,4H2,1-3H3;1-2H3/b23-22+,26-18-,29-20?;12-11+,15-8-;;. The molecule has 0 amide bonds. The van der Waals surface area contributed by atoms with Crippen LogP contribution in [0.15, 0.2) is 145 Å². The third-order valence-electron chi connectivity index (χ3n) is 10.8. The zero-order valence-electron chi connectivity index (χ0n) is 45.3. The molecule has 0 N–H and O–H groups in total. The third kappa shape index (κ3) is 23.7. The summed E-state index contributed by atoms with van der Waals surface area (Å²) >= 11 is 0. The number of allylic oxidation sites excluding steroid dienone is 8. The number of hydrogen-bond donors (Lipinski definition) is 0. The van der Waals surface area contributed by atoms with Gasteiger partial charge in [-0.05, 0) is 153 Å². The molecule has 0 heterocycles. The minimum Gasteiger partial charge on any atom is -0.447 e. The summed E-state index contributed by atoms with van der Waals surface area (Å²) in [6, 6.07) is 27.2. The SMILES string of the molecule is C#C/C=C(C)\C=C\OP(C)Oc1cc(C)ccc1C(C)C.CC.CCC(C)C.CCC(C)C(C)=C/C=C(C)\C=C\OP(Oc1ccccc1C(=O)c1ccccc1C)Oc1cc(C)ccc1C(C)C. The molecule has 8 heteroatoms. The second kappa shape index (κ2) is 34.0. The Balaban J connectivity index is 0.000000707. The third-order valence-corrected chi connectivity index (χ3v) is 12.7. The minimum absolute atomic E-state index is 0.107. The van der Waals surface area contributed by atoms with Gasteiger partial charge >= 0.3 is 8.60 Å². The summed E-state index contributed by atoms with van der Waals surface area (Å²) in [6.45, 7) is 37.7. The van der Waals surface area contributed by atoms with Crippen molar-refractivity contribution in [2.75, 3.05) is 6.66 Å². The van der Waals surface area contributed by atoms with Gasteiger partial charge in [0, 0.05) is 12.2 Å². The van der Waals surface area contributed by atoms with Crippen LogP contribution >= 0.6 is 17.0 Å². The molecule has 0 fully saturated rings. The van der Waals surface area contributed by atoms with Crippen molar-refractivity contribution in [3.63, 3.8) is 0 Å². The number of ketones is 1. The zero-order valence-corrected chi connectivity index (χ0v) is 47.1. The van der Waals surface area contributed by atoms with Crippen LogP contribution < -0.4 is 13.6 Å². The van der Waals surface area contributed by atoms with Gasteiger partial charge in [-0.15, -0.1) is 6.42 Å². The first-order valence-electron chi connectivity index (χ1n) is 24.4. The van der Waals surface area contributed by atoms with E-state index in [2.05, 4.69) is 125 Å². The first kappa shape index (κ1) is 61.7. The quantitative estimate of drug-likeness (QED) is 0.0289.